The third kappa shape index (κ3) is 10.7. The lowest BCUT2D eigenvalue weighted by Gasteiger charge is -2.24. The monoisotopic (exact) mass is 511 g/mol. The van der Waals surface area contributed by atoms with E-state index in [9.17, 15) is 39.3 Å². The van der Waals surface area contributed by atoms with Crippen molar-refractivity contribution in [2.45, 2.75) is 56.3 Å². The van der Waals surface area contributed by atoms with Crippen LogP contribution in [0.25, 0.3) is 0 Å². The Hall–Kier alpha value is -3.75. The van der Waals surface area contributed by atoms with Crippen LogP contribution in [0.2, 0.25) is 0 Å². The minimum atomic E-state index is -1.65. The Balaban J connectivity index is 3.07. The number of carboxylic acid groups (broad SMARTS) is 2. The number of benzene rings is 1. The summed E-state index contributed by atoms with van der Waals surface area (Å²) in [5, 5.41) is 43.6. The second-order valence-electron chi connectivity index (χ2n) is 8.06. The van der Waals surface area contributed by atoms with Crippen molar-refractivity contribution in [3.63, 3.8) is 0 Å². The van der Waals surface area contributed by atoms with Gasteiger partial charge < -0.3 is 47.8 Å². The van der Waals surface area contributed by atoms with Gasteiger partial charge in [-0.25, -0.2) is 4.79 Å². The Morgan fingerprint density at radius 1 is 0.833 bits per heavy atom. The molecule has 0 aliphatic rings. The number of phenolic OH excluding ortho intramolecular Hbond substituents is 1. The van der Waals surface area contributed by atoms with Gasteiger partial charge in [0.25, 0.3) is 0 Å². The van der Waals surface area contributed by atoms with Crippen molar-refractivity contribution < 1.29 is 44.4 Å². The van der Waals surface area contributed by atoms with Crippen LogP contribution in [0.1, 0.15) is 31.2 Å². The molecule has 3 amide bonds. The number of carbonyl (C=O) groups excluding carboxylic acids is 3. The van der Waals surface area contributed by atoms with E-state index in [0.29, 0.717) is 24.9 Å². The minimum Gasteiger partial charge on any atom is -0.508 e. The average molecular weight is 512 g/mol. The summed E-state index contributed by atoms with van der Waals surface area (Å²) in [5.74, 6) is -5.73. The number of rotatable bonds is 16. The maximum Gasteiger partial charge on any atom is 0.328 e. The Bertz CT molecular complexity index is 910. The zero-order valence-corrected chi connectivity index (χ0v) is 19.6. The van der Waals surface area contributed by atoms with E-state index in [1.165, 1.54) is 24.3 Å². The molecule has 0 fully saturated rings. The molecule has 4 unspecified atom stereocenters. The molecule has 0 aliphatic heterocycles. The maximum atomic E-state index is 12.9. The zero-order chi connectivity index (χ0) is 27.3. The van der Waals surface area contributed by atoms with Crippen LogP contribution in [0.3, 0.4) is 0 Å². The number of aromatic hydroxyl groups is 1. The van der Waals surface area contributed by atoms with Gasteiger partial charge >= 0.3 is 11.9 Å². The summed E-state index contributed by atoms with van der Waals surface area (Å²) in [6.45, 7) is -0.511. The van der Waals surface area contributed by atoms with Crippen LogP contribution < -0.4 is 27.4 Å². The molecule has 14 heteroatoms. The molecular weight excluding hydrogens is 478 g/mol. The van der Waals surface area contributed by atoms with Crippen molar-refractivity contribution in [3.8, 4) is 5.75 Å². The molecule has 0 spiro atoms. The normalized spacial score (nSPS) is 14.1. The van der Waals surface area contributed by atoms with Crippen LogP contribution in [-0.2, 0) is 30.4 Å². The van der Waals surface area contributed by atoms with Crippen LogP contribution in [-0.4, -0.2) is 87.4 Å². The number of hydrogen-bond donors (Lipinski definition) is 9. The predicted molar refractivity (Wildman–Crippen MR) is 125 cm³/mol. The largest absolute Gasteiger partial charge is 0.508 e. The van der Waals surface area contributed by atoms with Crippen LogP contribution in [0, 0.1) is 0 Å². The molecule has 0 aliphatic carbocycles. The Morgan fingerprint density at radius 3 is 1.92 bits per heavy atom. The smallest absolute Gasteiger partial charge is 0.328 e. The van der Waals surface area contributed by atoms with E-state index in [2.05, 4.69) is 16.0 Å². The van der Waals surface area contributed by atoms with Crippen molar-refractivity contribution in [2.75, 3.05) is 13.2 Å². The van der Waals surface area contributed by atoms with Gasteiger partial charge in [-0.15, -0.1) is 0 Å². The Morgan fingerprint density at radius 2 is 1.39 bits per heavy atom. The number of aliphatic carboxylic acids is 2. The summed E-state index contributed by atoms with van der Waals surface area (Å²) in [7, 11) is 0. The van der Waals surface area contributed by atoms with E-state index >= 15 is 0 Å². The standard InChI is InChI=1S/C22H33N5O9/c23-8-2-1-3-14(24)19(32)25-16(10-18(30)31)21(34)26-15(9-12-4-6-13(29)7-5-12)20(33)27-17(11-28)22(35)36/h4-7,14-17,28-29H,1-3,8-11,23-24H2,(H,25,32)(H,26,34)(H,27,33)(H,30,31)(H,35,36). The molecule has 0 radical (unpaired) electrons. The number of unbranched alkanes of at least 4 members (excludes halogenated alkanes) is 1. The second kappa shape index (κ2) is 15.3. The third-order valence-electron chi connectivity index (χ3n) is 5.12. The first-order chi connectivity index (χ1) is 17.0. The molecule has 1 aromatic rings. The number of aliphatic hydroxyl groups is 1. The van der Waals surface area contributed by atoms with E-state index in [4.69, 9.17) is 16.6 Å². The summed E-state index contributed by atoms with van der Waals surface area (Å²) in [6.07, 6.45) is 0.440. The number of nitrogens with two attached hydrogens (primary N) is 2. The van der Waals surface area contributed by atoms with Crippen molar-refractivity contribution in [2.24, 2.45) is 11.5 Å². The van der Waals surface area contributed by atoms with Gasteiger partial charge in [-0.3, -0.25) is 19.2 Å². The van der Waals surface area contributed by atoms with Gasteiger partial charge in [-0.1, -0.05) is 18.6 Å². The molecule has 200 valence electrons. The fraction of sp³-hybridized carbons (Fsp3) is 0.500. The number of carbonyl (C=O) groups is 5. The van der Waals surface area contributed by atoms with Gasteiger partial charge in [0.2, 0.25) is 17.7 Å². The van der Waals surface area contributed by atoms with Crippen molar-refractivity contribution >= 4 is 29.7 Å². The predicted octanol–water partition coefficient (Wildman–Crippen LogP) is -2.60. The lowest BCUT2D eigenvalue weighted by molar-refractivity contribution is -0.144. The van der Waals surface area contributed by atoms with Gasteiger partial charge in [-0.2, -0.15) is 0 Å². The topological polar surface area (TPSA) is 254 Å². The molecule has 0 saturated carbocycles. The zero-order valence-electron chi connectivity index (χ0n) is 19.6. The van der Waals surface area contributed by atoms with Crippen molar-refractivity contribution in [1.82, 2.24) is 16.0 Å². The lowest BCUT2D eigenvalue weighted by atomic mass is 10.0. The van der Waals surface area contributed by atoms with Crippen molar-refractivity contribution in [1.29, 1.82) is 0 Å². The van der Waals surface area contributed by atoms with Crippen molar-refractivity contribution in [3.05, 3.63) is 29.8 Å². The molecule has 0 bridgehead atoms. The van der Waals surface area contributed by atoms with Gasteiger partial charge in [-0.05, 0) is 37.1 Å². The highest BCUT2D eigenvalue weighted by molar-refractivity contribution is 5.95. The van der Waals surface area contributed by atoms with E-state index in [-0.39, 0.29) is 18.6 Å². The molecule has 1 aromatic carbocycles. The number of nitrogens with one attached hydrogen (secondary N) is 3. The first kappa shape index (κ1) is 30.3. The molecule has 0 saturated heterocycles. The van der Waals surface area contributed by atoms with Crippen LogP contribution in [0.5, 0.6) is 5.75 Å². The fourth-order valence-electron chi connectivity index (χ4n) is 3.11. The molecule has 4 atom stereocenters. The molecule has 1 rings (SSSR count). The van der Waals surface area contributed by atoms with Crippen LogP contribution >= 0.6 is 0 Å². The number of carboxylic acids is 2. The quantitative estimate of drug-likeness (QED) is 0.104. The number of hydrogen-bond acceptors (Lipinski definition) is 9. The minimum absolute atomic E-state index is 0.0537. The number of aliphatic hydroxyl groups excluding tert-OH is 1. The number of amides is 3. The molecule has 0 heterocycles. The average Bonchev–Trinajstić information content (AvgIpc) is 2.82. The van der Waals surface area contributed by atoms with Crippen LogP contribution in [0.15, 0.2) is 24.3 Å². The molecule has 14 nitrogen and oxygen atoms in total. The van der Waals surface area contributed by atoms with Gasteiger partial charge in [0.15, 0.2) is 0 Å². The fourth-order valence-corrected chi connectivity index (χ4v) is 3.11. The van der Waals surface area contributed by atoms with Crippen LogP contribution in [0.4, 0.5) is 0 Å². The third-order valence-corrected chi connectivity index (χ3v) is 5.12. The SMILES string of the molecule is NCCCCC(N)C(=O)NC(CC(=O)O)C(=O)NC(Cc1ccc(O)cc1)C(=O)NC(CO)C(=O)O. The first-order valence-electron chi connectivity index (χ1n) is 11.2. The van der Waals surface area contributed by atoms with Gasteiger partial charge in [0.1, 0.15) is 23.9 Å². The van der Waals surface area contributed by atoms with E-state index in [1.807, 2.05) is 0 Å². The first-order valence-corrected chi connectivity index (χ1v) is 11.2. The summed E-state index contributed by atoms with van der Waals surface area (Å²) in [4.78, 5) is 60.6. The summed E-state index contributed by atoms with van der Waals surface area (Å²) < 4.78 is 0. The summed E-state index contributed by atoms with van der Waals surface area (Å²) >= 11 is 0. The van der Waals surface area contributed by atoms with E-state index in [1.54, 1.807) is 0 Å². The second-order valence-corrected chi connectivity index (χ2v) is 8.06. The Labute approximate surface area is 207 Å². The summed E-state index contributed by atoms with van der Waals surface area (Å²) in [6, 6.07) is -0.0895. The highest BCUT2D eigenvalue weighted by Crippen LogP contribution is 2.12. The highest BCUT2D eigenvalue weighted by Gasteiger charge is 2.31. The van der Waals surface area contributed by atoms with Gasteiger partial charge in [0.05, 0.1) is 19.1 Å². The Kier molecular flexibility index (Phi) is 12.9. The maximum absolute atomic E-state index is 12.9. The molecule has 11 N–H and O–H groups in total. The summed E-state index contributed by atoms with van der Waals surface area (Å²) in [5.41, 5.74) is 11.7. The van der Waals surface area contributed by atoms with E-state index < -0.39 is 66.9 Å². The van der Waals surface area contributed by atoms with Gasteiger partial charge in [0, 0.05) is 6.42 Å². The lowest BCUT2D eigenvalue weighted by Crippen LogP contribution is -2.58. The highest BCUT2D eigenvalue weighted by atomic mass is 16.4. The van der Waals surface area contributed by atoms with E-state index in [0.717, 1.165) is 0 Å². The number of phenols is 1. The molecule has 36 heavy (non-hydrogen) atoms. The molecule has 0 aromatic heterocycles. The molecular formula is C22H33N5O9.